The Labute approximate surface area is 180 Å². The molecular formula is C17H16ClN5O3S3. The summed E-state index contributed by atoms with van der Waals surface area (Å²) in [4.78, 5) is 23.3. The molecule has 1 amide bonds. The summed E-state index contributed by atoms with van der Waals surface area (Å²) in [6.07, 6.45) is 3.25. The fourth-order valence-corrected chi connectivity index (χ4v) is 6.04. The number of likely N-dealkylation sites (tertiary alicyclic amines) is 1. The van der Waals surface area contributed by atoms with Gasteiger partial charge in [0.15, 0.2) is 0 Å². The number of nitrogens with one attached hydrogen (secondary N) is 1. The number of halogens is 1. The van der Waals surface area contributed by atoms with E-state index in [0.29, 0.717) is 34.5 Å². The fraction of sp³-hybridized carbons (Fsp3) is 0.235. The van der Waals surface area contributed by atoms with Gasteiger partial charge in [0.05, 0.1) is 14.6 Å². The van der Waals surface area contributed by atoms with Crippen molar-refractivity contribution in [2.24, 2.45) is 0 Å². The molecule has 29 heavy (non-hydrogen) atoms. The van der Waals surface area contributed by atoms with E-state index in [9.17, 15) is 13.2 Å². The fourth-order valence-electron chi connectivity index (χ4n) is 3.05. The number of sulfonamides is 1. The average molecular weight is 470 g/mol. The highest BCUT2D eigenvalue weighted by Gasteiger charge is 2.34. The number of fused-ring (bicyclic) bond motifs is 1. The van der Waals surface area contributed by atoms with Gasteiger partial charge in [-0.3, -0.25) is 4.79 Å². The second-order valence-electron chi connectivity index (χ2n) is 6.41. The lowest BCUT2D eigenvalue weighted by Crippen LogP contribution is -2.40. The Hall–Kier alpha value is -2.05. The number of amides is 1. The van der Waals surface area contributed by atoms with E-state index >= 15 is 0 Å². The molecule has 1 saturated heterocycles. The molecule has 3 aromatic rings. The Kier molecular flexibility index (Phi) is 5.58. The largest absolute Gasteiger partial charge is 0.382 e. The van der Waals surface area contributed by atoms with Gasteiger partial charge in [0.1, 0.15) is 18.2 Å². The van der Waals surface area contributed by atoms with Crippen LogP contribution in [-0.2, 0) is 21.4 Å². The molecule has 4 rings (SSSR count). The normalized spacial score (nSPS) is 17.8. The minimum atomic E-state index is -3.76. The van der Waals surface area contributed by atoms with Crippen molar-refractivity contribution in [1.82, 2.24) is 19.6 Å². The number of nitrogens with zero attached hydrogens (tertiary/aromatic N) is 3. The lowest BCUT2D eigenvalue weighted by Gasteiger charge is -2.16. The second-order valence-corrected chi connectivity index (χ2v) is 10.6. The van der Waals surface area contributed by atoms with Crippen LogP contribution < -0.4 is 10.5 Å². The number of aromatic nitrogens is 2. The maximum atomic E-state index is 12.7. The highest BCUT2D eigenvalue weighted by molar-refractivity contribution is 7.92. The van der Waals surface area contributed by atoms with Crippen LogP contribution in [0.3, 0.4) is 0 Å². The third-order valence-corrected chi connectivity index (χ3v) is 7.77. The van der Waals surface area contributed by atoms with E-state index in [1.54, 1.807) is 17.0 Å². The maximum absolute atomic E-state index is 12.7. The minimum absolute atomic E-state index is 0.262. The standard InChI is InChI=1S/C17H16ClN5O3S3/c18-13-2-1-11(28-13)4-6-29(25,26)22-12-3-5-23(17(12)24)7-10-8-27-15-14(10)20-9-21-16(15)19/h1-2,4,6,8-9,12,22H,3,5,7H2,(H2,19,20,21)/t12-/m0/s1. The molecule has 0 radical (unpaired) electrons. The first-order valence-electron chi connectivity index (χ1n) is 8.53. The molecule has 1 aliphatic rings. The Bertz CT molecular complexity index is 1200. The first-order valence-corrected chi connectivity index (χ1v) is 12.2. The molecule has 0 aliphatic carbocycles. The van der Waals surface area contributed by atoms with Crippen LogP contribution in [0, 0.1) is 0 Å². The van der Waals surface area contributed by atoms with Gasteiger partial charge in [-0.15, -0.1) is 22.7 Å². The van der Waals surface area contributed by atoms with Gasteiger partial charge in [0.2, 0.25) is 15.9 Å². The summed E-state index contributed by atoms with van der Waals surface area (Å²) in [6, 6.07) is 2.63. The van der Waals surface area contributed by atoms with E-state index in [1.165, 1.54) is 35.1 Å². The number of hydrogen-bond acceptors (Lipinski definition) is 8. The van der Waals surface area contributed by atoms with Gasteiger partial charge in [-0.05, 0) is 30.0 Å². The highest BCUT2D eigenvalue weighted by atomic mass is 35.5. The van der Waals surface area contributed by atoms with E-state index in [-0.39, 0.29) is 5.91 Å². The van der Waals surface area contributed by atoms with E-state index < -0.39 is 16.1 Å². The number of carbonyl (C=O) groups is 1. The maximum Gasteiger partial charge on any atom is 0.241 e. The number of nitrogens with two attached hydrogens (primary N) is 1. The minimum Gasteiger partial charge on any atom is -0.382 e. The van der Waals surface area contributed by atoms with Crippen molar-refractivity contribution in [1.29, 1.82) is 0 Å². The monoisotopic (exact) mass is 469 g/mol. The zero-order chi connectivity index (χ0) is 20.6. The Morgan fingerprint density at radius 2 is 2.21 bits per heavy atom. The number of carbonyl (C=O) groups excluding carboxylic acids is 1. The Balaban J connectivity index is 1.43. The molecule has 152 valence electrons. The first-order chi connectivity index (χ1) is 13.8. The van der Waals surface area contributed by atoms with Crippen LogP contribution in [-0.4, -0.2) is 41.8 Å². The van der Waals surface area contributed by atoms with Crippen molar-refractivity contribution in [3.63, 3.8) is 0 Å². The smallest absolute Gasteiger partial charge is 0.241 e. The number of thiophene rings is 2. The van der Waals surface area contributed by atoms with Gasteiger partial charge in [-0.25, -0.2) is 18.4 Å². The number of hydrogen-bond donors (Lipinski definition) is 2. The predicted molar refractivity (Wildman–Crippen MR) is 116 cm³/mol. The van der Waals surface area contributed by atoms with Crippen LogP contribution in [0.1, 0.15) is 16.9 Å². The van der Waals surface area contributed by atoms with Gasteiger partial charge in [0.25, 0.3) is 0 Å². The molecule has 0 spiro atoms. The van der Waals surface area contributed by atoms with Gasteiger partial charge in [0, 0.05) is 28.9 Å². The number of nitrogen functional groups attached to an aromatic ring is 1. The van der Waals surface area contributed by atoms with Crippen LogP contribution in [0.4, 0.5) is 5.82 Å². The molecule has 1 aliphatic heterocycles. The third kappa shape index (κ3) is 4.43. The Morgan fingerprint density at radius 3 is 2.97 bits per heavy atom. The zero-order valence-corrected chi connectivity index (χ0v) is 18.1. The molecule has 1 fully saturated rings. The molecule has 4 heterocycles. The summed E-state index contributed by atoms with van der Waals surface area (Å²) in [5.74, 6) is 0.144. The lowest BCUT2D eigenvalue weighted by atomic mass is 10.2. The Morgan fingerprint density at radius 1 is 1.38 bits per heavy atom. The summed E-state index contributed by atoms with van der Waals surface area (Å²) in [5.41, 5.74) is 7.44. The summed E-state index contributed by atoms with van der Waals surface area (Å²) >= 11 is 8.54. The van der Waals surface area contributed by atoms with Gasteiger partial charge in [-0.1, -0.05) is 11.6 Å². The molecule has 8 nitrogen and oxygen atoms in total. The second kappa shape index (κ2) is 8.00. The lowest BCUT2D eigenvalue weighted by molar-refractivity contribution is -0.129. The van der Waals surface area contributed by atoms with Gasteiger partial charge in [-0.2, -0.15) is 4.72 Å². The average Bonchev–Trinajstić information content (AvgIpc) is 3.36. The molecule has 0 saturated carbocycles. The van der Waals surface area contributed by atoms with E-state index in [2.05, 4.69) is 14.7 Å². The van der Waals surface area contributed by atoms with E-state index in [1.807, 2.05) is 5.38 Å². The van der Waals surface area contributed by atoms with Crippen molar-refractivity contribution < 1.29 is 13.2 Å². The number of anilines is 1. The summed E-state index contributed by atoms with van der Waals surface area (Å²) in [5, 5.41) is 2.95. The van der Waals surface area contributed by atoms with Gasteiger partial charge < -0.3 is 10.6 Å². The molecule has 0 aromatic carbocycles. The third-order valence-electron chi connectivity index (χ3n) is 4.43. The molecule has 3 N–H and O–H groups in total. The quantitative estimate of drug-likeness (QED) is 0.573. The summed E-state index contributed by atoms with van der Waals surface area (Å²) in [7, 11) is -3.76. The molecule has 0 unspecified atom stereocenters. The summed E-state index contributed by atoms with van der Waals surface area (Å²) < 4.78 is 28.5. The van der Waals surface area contributed by atoms with Crippen molar-refractivity contribution >= 4 is 72.3 Å². The molecule has 0 bridgehead atoms. The highest BCUT2D eigenvalue weighted by Crippen LogP contribution is 2.29. The van der Waals surface area contributed by atoms with Crippen molar-refractivity contribution in [3.8, 4) is 0 Å². The first kappa shape index (κ1) is 20.2. The van der Waals surface area contributed by atoms with Crippen molar-refractivity contribution in [3.05, 3.63) is 44.0 Å². The number of rotatable bonds is 6. The molecule has 1 atom stereocenters. The molecular weight excluding hydrogens is 454 g/mol. The van der Waals surface area contributed by atoms with Crippen LogP contribution in [0.15, 0.2) is 29.2 Å². The SMILES string of the molecule is Nc1ncnc2c(CN3CC[C@H](NS(=O)(=O)C=Cc4ccc(Cl)s4)C3=O)csc12. The topological polar surface area (TPSA) is 118 Å². The van der Waals surface area contributed by atoms with Crippen LogP contribution in [0.5, 0.6) is 0 Å². The van der Waals surface area contributed by atoms with Crippen LogP contribution in [0.2, 0.25) is 4.34 Å². The van der Waals surface area contributed by atoms with Crippen molar-refractivity contribution in [2.45, 2.75) is 19.0 Å². The van der Waals surface area contributed by atoms with Crippen LogP contribution >= 0.6 is 34.3 Å². The molecule has 3 aromatic heterocycles. The predicted octanol–water partition coefficient (Wildman–Crippen LogP) is 2.68. The van der Waals surface area contributed by atoms with Crippen molar-refractivity contribution in [2.75, 3.05) is 12.3 Å². The molecule has 12 heteroatoms. The van der Waals surface area contributed by atoms with Crippen LogP contribution in [0.25, 0.3) is 16.3 Å². The van der Waals surface area contributed by atoms with E-state index in [4.69, 9.17) is 17.3 Å². The van der Waals surface area contributed by atoms with Gasteiger partial charge >= 0.3 is 0 Å². The zero-order valence-electron chi connectivity index (χ0n) is 14.9. The van der Waals surface area contributed by atoms with E-state index in [0.717, 1.165) is 21.2 Å². The summed E-state index contributed by atoms with van der Waals surface area (Å²) in [6.45, 7) is 0.797.